The number of nitrogens with zero attached hydrogens (tertiary/aromatic N) is 1. The Morgan fingerprint density at radius 1 is 0.951 bits per heavy atom. The number of ketones is 1. The normalized spacial score (nSPS) is 20.7. The van der Waals surface area contributed by atoms with E-state index in [-0.39, 0.29) is 55.5 Å². The van der Waals surface area contributed by atoms with E-state index in [0.717, 1.165) is 24.3 Å². The van der Waals surface area contributed by atoms with Gasteiger partial charge in [0.2, 0.25) is 5.78 Å². The summed E-state index contributed by atoms with van der Waals surface area (Å²) in [7, 11) is 0. The number of carbonyl (C=O) groups is 4. The second-order valence-corrected chi connectivity index (χ2v) is 10.0. The van der Waals surface area contributed by atoms with Crippen LogP contribution in [-0.2, 0) is 24.0 Å². The number of ether oxygens (including phenoxy) is 2. The van der Waals surface area contributed by atoms with Crippen LogP contribution in [0.1, 0.15) is 49.0 Å². The fraction of sp³-hybridized carbons (Fsp3) is 0.400. The minimum Gasteiger partial charge on any atom is -0.481 e. The van der Waals surface area contributed by atoms with Crippen molar-refractivity contribution in [3.63, 3.8) is 0 Å². The summed E-state index contributed by atoms with van der Waals surface area (Å²) >= 11 is 0. The van der Waals surface area contributed by atoms with Gasteiger partial charge >= 0.3 is 17.9 Å². The van der Waals surface area contributed by atoms with E-state index in [4.69, 9.17) is 24.4 Å². The molecule has 218 valence electrons. The van der Waals surface area contributed by atoms with Gasteiger partial charge < -0.3 is 24.6 Å². The van der Waals surface area contributed by atoms with Crippen LogP contribution in [0.5, 0.6) is 11.5 Å². The maximum absolute atomic E-state index is 12.9. The van der Waals surface area contributed by atoms with E-state index < -0.39 is 35.7 Å². The van der Waals surface area contributed by atoms with Gasteiger partial charge in [-0.05, 0) is 67.5 Å². The standard InChI is InChI=1S/C30H33NO10/c1-3-31(4-2)21-7-5-18(6-8-21)11-26-30(37)23-10-9-22(14-25(23)39-26)40-41-29(36)13-20-17-38-16-19(12-27(32)33)24(20)15-28(34)35/h5-11,14,19-20,24H,3-4,12-13,15-17H2,1-2H3,(H,32,33)(H,34,35)/b26-11-. The van der Waals surface area contributed by atoms with E-state index in [1.807, 2.05) is 24.3 Å². The number of aliphatic carboxylic acids is 2. The molecule has 3 atom stereocenters. The molecule has 0 spiro atoms. The van der Waals surface area contributed by atoms with Gasteiger partial charge in [0.15, 0.2) is 11.5 Å². The molecule has 2 N–H and O–H groups in total. The largest absolute Gasteiger partial charge is 0.481 e. The number of hydrogen-bond acceptors (Lipinski definition) is 9. The number of allylic oxidation sites excluding steroid dienone is 1. The number of benzene rings is 2. The molecule has 0 amide bonds. The molecule has 1 saturated heterocycles. The van der Waals surface area contributed by atoms with Crippen molar-refractivity contribution in [1.82, 2.24) is 0 Å². The Labute approximate surface area is 237 Å². The molecule has 11 heteroatoms. The lowest BCUT2D eigenvalue weighted by atomic mass is 9.75. The molecule has 2 heterocycles. The van der Waals surface area contributed by atoms with Gasteiger partial charge in [0.05, 0.1) is 31.6 Å². The van der Waals surface area contributed by atoms with Crippen molar-refractivity contribution in [2.24, 2.45) is 17.8 Å². The molecule has 0 bridgehead atoms. The molecule has 2 aromatic rings. The average Bonchev–Trinajstić information content (AvgIpc) is 3.24. The molecule has 4 rings (SSSR count). The first-order valence-corrected chi connectivity index (χ1v) is 13.5. The molecular weight excluding hydrogens is 534 g/mol. The molecule has 0 aliphatic carbocycles. The number of carboxylic acids is 2. The molecule has 0 aromatic heterocycles. The van der Waals surface area contributed by atoms with Gasteiger partial charge in [0.25, 0.3) is 0 Å². The van der Waals surface area contributed by atoms with Crippen LogP contribution in [0.4, 0.5) is 5.69 Å². The maximum atomic E-state index is 12.9. The van der Waals surface area contributed by atoms with Crippen molar-refractivity contribution >= 4 is 35.5 Å². The number of carbonyl (C=O) groups excluding carboxylic acids is 2. The highest BCUT2D eigenvalue weighted by Gasteiger charge is 2.38. The fourth-order valence-electron chi connectivity index (χ4n) is 5.27. The van der Waals surface area contributed by atoms with E-state index in [0.29, 0.717) is 5.56 Å². The predicted molar refractivity (Wildman–Crippen MR) is 147 cm³/mol. The van der Waals surface area contributed by atoms with Gasteiger partial charge in [-0.3, -0.25) is 24.2 Å². The van der Waals surface area contributed by atoms with Crippen LogP contribution in [-0.4, -0.2) is 60.2 Å². The zero-order valence-corrected chi connectivity index (χ0v) is 22.9. The Hall–Kier alpha value is -4.38. The zero-order valence-electron chi connectivity index (χ0n) is 22.9. The van der Waals surface area contributed by atoms with Gasteiger partial charge in [0, 0.05) is 31.3 Å². The third-order valence-electron chi connectivity index (χ3n) is 7.34. The molecule has 2 aliphatic heterocycles. The molecule has 3 unspecified atom stereocenters. The molecule has 0 saturated carbocycles. The molecule has 2 aromatic carbocycles. The number of anilines is 1. The maximum Gasteiger partial charge on any atom is 0.355 e. The predicted octanol–water partition coefficient (Wildman–Crippen LogP) is 4.20. The Morgan fingerprint density at radius 2 is 1.61 bits per heavy atom. The average molecular weight is 568 g/mol. The van der Waals surface area contributed by atoms with Crippen LogP contribution >= 0.6 is 0 Å². The first-order valence-electron chi connectivity index (χ1n) is 13.5. The van der Waals surface area contributed by atoms with Crippen molar-refractivity contribution in [3.05, 3.63) is 59.4 Å². The summed E-state index contributed by atoms with van der Waals surface area (Å²) in [5, 5.41) is 18.5. The van der Waals surface area contributed by atoms with Gasteiger partial charge in [-0.2, -0.15) is 0 Å². The number of hydrogen-bond donors (Lipinski definition) is 2. The lowest BCUT2D eigenvalue weighted by Gasteiger charge is -2.36. The lowest BCUT2D eigenvalue weighted by molar-refractivity contribution is -0.216. The first-order chi connectivity index (χ1) is 19.7. The smallest absolute Gasteiger partial charge is 0.355 e. The Bertz CT molecular complexity index is 1320. The van der Waals surface area contributed by atoms with Crippen LogP contribution in [0.25, 0.3) is 6.08 Å². The van der Waals surface area contributed by atoms with E-state index >= 15 is 0 Å². The highest BCUT2D eigenvalue weighted by atomic mass is 17.2. The molecular formula is C30H33NO10. The van der Waals surface area contributed by atoms with Gasteiger partial charge in [-0.25, -0.2) is 4.79 Å². The summed E-state index contributed by atoms with van der Waals surface area (Å²) in [6.07, 6.45) is 0.901. The van der Waals surface area contributed by atoms with Crippen molar-refractivity contribution < 1.29 is 48.6 Å². The number of carboxylic acid groups (broad SMARTS) is 2. The topological polar surface area (TPSA) is 149 Å². The van der Waals surface area contributed by atoms with Gasteiger partial charge in [0.1, 0.15) is 5.75 Å². The molecule has 41 heavy (non-hydrogen) atoms. The number of rotatable bonds is 12. The van der Waals surface area contributed by atoms with E-state index in [9.17, 15) is 24.3 Å². The van der Waals surface area contributed by atoms with Gasteiger partial charge in [-0.1, -0.05) is 12.1 Å². The second kappa shape index (κ2) is 13.3. The Balaban J connectivity index is 1.36. The van der Waals surface area contributed by atoms with Crippen molar-refractivity contribution in [2.75, 3.05) is 31.2 Å². The van der Waals surface area contributed by atoms with Crippen LogP contribution in [0, 0.1) is 17.8 Å². The van der Waals surface area contributed by atoms with Crippen molar-refractivity contribution in [2.45, 2.75) is 33.1 Å². The highest BCUT2D eigenvalue weighted by Crippen LogP contribution is 2.36. The summed E-state index contributed by atoms with van der Waals surface area (Å²) in [6, 6.07) is 12.2. The summed E-state index contributed by atoms with van der Waals surface area (Å²) in [4.78, 5) is 60.3. The number of fused-ring (bicyclic) bond motifs is 1. The monoisotopic (exact) mass is 567 g/mol. The second-order valence-electron chi connectivity index (χ2n) is 10.0. The lowest BCUT2D eigenvalue weighted by Crippen LogP contribution is -2.39. The van der Waals surface area contributed by atoms with Crippen LogP contribution < -0.4 is 14.5 Å². The number of Topliss-reactive ketones (excluding diaryl/α,β-unsaturated/α-hetero) is 1. The molecule has 1 fully saturated rings. The third-order valence-corrected chi connectivity index (χ3v) is 7.34. The van der Waals surface area contributed by atoms with Gasteiger partial charge in [-0.15, -0.1) is 0 Å². The quantitative estimate of drug-likeness (QED) is 0.216. The molecule has 0 radical (unpaired) electrons. The van der Waals surface area contributed by atoms with Crippen molar-refractivity contribution in [3.8, 4) is 11.5 Å². The highest BCUT2D eigenvalue weighted by molar-refractivity contribution is 6.14. The summed E-state index contributed by atoms with van der Waals surface area (Å²) < 4.78 is 11.2. The SMILES string of the molecule is CCN(CC)c1ccc(/C=C2\Oc3cc(OOC(=O)CC4COCC(CC(=O)O)C4CC(=O)O)ccc3C2=O)cc1. The Kier molecular flexibility index (Phi) is 9.61. The molecule has 11 nitrogen and oxygen atoms in total. The fourth-order valence-corrected chi connectivity index (χ4v) is 5.27. The van der Waals surface area contributed by atoms with Crippen LogP contribution in [0.15, 0.2) is 48.2 Å². The minimum absolute atomic E-state index is 0.102. The summed E-state index contributed by atoms with van der Waals surface area (Å²) in [5.74, 6) is -4.31. The summed E-state index contributed by atoms with van der Waals surface area (Å²) in [6.45, 7) is 6.16. The molecule has 2 aliphatic rings. The third kappa shape index (κ3) is 7.43. The Morgan fingerprint density at radius 3 is 2.24 bits per heavy atom. The minimum atomic E-state index is -1.08. The zero-order chi connectivity index (χ0) is 29.5. The summed E-state index contributed by atoms with van der Waals surface area (Å²) in [5.41, 5.74) is 2.24. The van der Waals surface area contributed by atoms with Crippen molar-refractivity contribution in [1.29, 1.82) is 0 Å². The van der Waals surface area contributed by atoms with E-state index in [2.05, 4.69) is 18.7 Å². The van der Waals surface area contributed by atoms with Crippen LogP contribution in [0.3, 0.4) is 0 Å². The van der Waals surface area contributed by atoms with E-state index in [1.54, 1.807) is 6.08 Å². The first kappa shape index (κ1) is 29.6. The van der Waals surface area contributed by atoms with E-state index in [1.165, 1.54) is 18.2 Å². The van der Waals surface area contributed by atoms with Crippen LogP contribution in [0.2, 0.25) is 0 Å².